The van der Waals surface area contributed by atoms with Gasteiger partial charge in [0.1, 0.15) is 30.6 Å². The van der Waals surface area contributed by atoms with Crippen LogP contribution in [0.2, 0.25) is 0 Å². The van der Waals surface area contributed by atoms with E-state index in [0.29, 0.717) is 28.3 Å². The minimum absolute atomic E-state index is 0.116. The number of esters is 1. The highest BCUT2D eigenvalue weighted by atomic mass is 16.5. The minimum Gasteiger partial charge on any atom is -0.507 e. The SMILES string of the molecule is COc1cc(C(=O)OC/C(O)=C(\C#N)c2nc3ccccc3[nH]2)ccc1OCc1c(C)noc1C. The molecule has 0 radical (unpaired) electrons. The molecule has 0 saturated heterocycles. The van der Waals surface area contributed by atoms with Crippen molar-refractivity contribution in [2.75, 3.05) is 13.7 Å². The molecule has 2 aromatic carbocycles. The van der Waals surface area contributed by atoms with Crippen LogP contribution in [0.3, 0.4) is 0 Å². The largest absolute Gasteiger partial charge is 0.507 e. The van der Waals surface area contributed by atoms with Crippen molar-refractivity contribution in [1.29, 1.82) is 5.26 Å². The molecule has 4 rings (SSSR count). The molecule has 2 N–H and O–H groups in total. The first kappa shape index (κ1) is 23.4. The zero-order valence-corrected chi connectivity index (χ0v) is 19.3. The van der Waals surface area contributed by atoms with Gasteiger partial charge in [-0.2, -0.15) is 5.26 Å². The molecule has 4 aromatic rings. The summed E-state index contributed by atoms with van der Waals surface area (Å²) >= 11 is 0. The van der Waals surface area contributed by atoms with E-state index in [1.54, 1.807) is 25.1 Å². The maximum atomic E-state index is 12.6. The van der Waals surface area contributed by atoms with Crippen LogP contribution in [0.5, 0.6) is 11.5 Å². The second-order valence-corrected chi connectivity index (χ2v) is 7.57. The number of aliphatic hydroxyl groups excluding tert-OH is 1. The molecule has 178 valence electrons. The van der Waals surface area contributed by atoms with Crippen molar-refractivity contribution in [2.24, 2.45) is 0 Å². The number of fused-ring (bicyclic) bond motifs is 1. The Morgan fingerprint density at radius 3 is 2.69 bits per heavy atom. The van der Waals surface area contributed by atoms with Crippen molar-refractivity contribution in [3.63, 3.8) is 0 Å². The van der Waals surface area contributed by atoms with Gasteiger partial charge in [0.05, 0.1) is 35.0 Å². The number of H-pyrrole nitrogens is 1. The number of ether oxygens (including phenoxy) is 3. The fourth-order valence-corrected chi connectivity index (χ4v) is 3.39. The van der Waals surface area contributed by atoms with Gasteiger partial charge in [-0.05, 0) is 44.2 Å². The van der Waals surface area contributed by atoms with Gasteiger partial charge < -0.3 is 28.8 Å². The Labute approximate surface area is 200 Å². The number of nitrogens with zero attached hydrogens (tertiary/aromatic N) is 3. The van der Waals surface area contributed by atoms with E-state index in [4.69, 9.17) is 18.7 Å². The molecule has 2 heterocycles. The number of carbonyl (C=O) groups excluding carboxylic acids is 1. The van der Waals surface area contributed by atoms with Crippen molar-refractivity contribution in [1.82, 2.24) is 15.1 Å². The predicted octanol–water partition coefficient (Wildman–Crippen LogP) is 4.41. The van der Waals surface area contributed by atoms with Crippen molar-refractivity contribution >= 4 is 22.6 Å². The van der Waals surface area contributed by atoms with Crippen LogP contribution in [0.1, 0.15) is 33.2 Å². The Kier molecular flexibility index (Phi) is 6.69. The number of aromatic amines is 1. The monoisotopic (exact) mass is 474 g/mol. The van der Waals surface area contributed by atoms with Gasteiger partial charge in [0.2, 0.25) is 0 Å². The number of benzene rings is 2. The molecule has 0 bridgehead atoms. The highest BCUT2D eigenvalue weighted by Gasteiger charge is 2.18. The number of aliphatic hydroxyl groups is 1. The Morgan fingerprint density at radius 2 is 2.00 bits per heavy atom. The summed E-state index contributed by atoms with van der Waals surface area (Å²) in [5.74, 6) is 0.451. The van der Waals surface area contributed by atoms with E-state index in [1.807, 2.05) is 25.1 Å². The van der Waals surface area contributed by atoms with Crippen LogP contribution in [0.4, 0.5) is 0 Å². The molecule has 0 atom stereocenters. The summed E-state index contributed by atoms with van der Waals surface area (Å²) in [6.45, 7) is 3.33. The van der Waals surface area contributed by atoms with Crippen LogP contribution in [0.15, 0.2) is 52.7 Å². The highest BCUT2D eigenvalue weighted by molar-refractivity contribution is 5.90. The van der Waals surface area contributed by atoms with E-state index in [2.05, 4.69) is 15.1 Å². The lowest BCUT2D eigenvalue weighted by Gasteiger charge is -2.12. The van der Waals surface area contributed by atoms with Gasteiger partial charge in [-0.1, -0.05) is 17.3 Å². The molecule has 0 fully saturated rings. The number of hydrogen-bond acceptors (Lipinski definition) is 9. The Morgan fingerprint density at radius 1 is 1.20 bits per heavy atom. The van der Waals surface area contributed by atoms with Crippen molar-refractivity contribution < 1.29 is 28.6 Å². The number of aromatic nitrogens is 3. The molecule has 0 aliphatic carbocycles. The first-order chi connectivity index (χ1) is 16.9. The predicted molar refractivity (Wildman–Crippen MR) is 125 cm³/mol. The molecule has 0 spiro atoms. The number of nitriles is 1. The molecule has 0 amide bonds. The van der Waals surface area contributed by atoms with E-state index >= 15 is 0 Å². The summed E-state index contributed by atoms with van der Waals surface area (Å²) in [7, 11) is 1.45. The first-order valence-corrected chi connectivity index (χ1v) is 10.6. The zero-order valence-electron chi connectivity index (χ0n) is 19.3. The molecule has 10 nitrogen and oxygen atoms in total. The quantitative estimate of drug-likeness (QED) is 0.216. The molecule has 0 unspecified atom stereocenters. The molecular formula is C25H22N4O6. The summed E-state index contributed by atoms with van der Waals surface area (Å²) < 4.78 is 21.5. The van der Waals surface area contributed by atoms with Gasteiger partial charge in [0, 0.05) is 0 Å². The number of hydrogen-bond donors (Lipinski definition) is 2. The number of aryl methyl sites for hydroxylation is 2. The van der Waals surface area contributed by atoms with Crippen LogP contribution >= 0.6 is 0 Å². The molecule has 0 aliphatic rings. The van der Waals surface area contributed by atoms with E-state index in [0.717, 1.165) is 11.3 Å². The lowest BCUT2D eigenvalue weighted by atomic mass is 10.2. The van der Waals surface area contributed by atoms with E-state index in [1.165, 1.54) is 19.2 Å². The molecule has 0 saturated carbocycles. The summed E-state index contributed by atoms with van der Waals surface area (Å²) in [4.78, 5) is 19.8. The average Bonchev–Trinajstić information content (AvgIpc) is 3.43. The molecular weight excluding hydrogens is 452 g/mol. The lowest BCUT2D eigenvalue weighted by molar-refractivity contribution is 0.0502. The van der Waals surface area contributed by atoms with Gasteiger partial charge in [0.25, 0.3) is 0 Å². The minimum atomic E-state index is -0.714. The normalized spacial score (nSPS) is 11.6. The third-order valence-electron chi connectivity index (χ3n) is 5.32. The molecule has 35 heavy (non-hydrogen) atoms. The molecule has 0 aliphatic heterocycles. The average molecular weight is 474 g/mol. The van der Waals surface area contributed by atoms with Gasteiger partial charge in [-0.3, -0.25) is 0 Å². The third-order valence-corrected chi connectivity index (χ3v) is 5.32. The lowest BCUT2D eigenvalue weighted by Crippen LogP contribution is -2.10. The Balaban J connectivity index is 1.45. The van der Waals surface area contributed by atoms with Crippen molar-refractivity contribution in [3.05, 3.63) is 76.6 Å². The van der Waals surface area contributed by atoms with E-state index in [-0.39, 0.29) is 23.6 Å². The number of imidazole rings is 1. The topological polar surface area (TPSA) is 143 Å². The highest BCUT2D eigenvalue weighted by Crippen LogP contribution is 2.30. The van der Waals surface area contributed by atoms with Crippen molar-refractivity contribution in [3.8, 4) is 17.6 Å². The van der Waals surface area contributed by atoms with Crippen LogP contribution in [-0.2, 0) is 11.3 Å². The maximum Gasteiger partial charge on any atom is 0.338 e. The second-order valence-electron chi connectivity index (χ2n) is 7.57. The smallest absolute Gasteiger partial charge is 0.338 e. The van der Waals surface area contributed by atoms with Crippen LogP contribution in [0.25, 0.3) is 16.6 Å². The first-order valence-electron chi connectivity index (χ1n) is 10.6. The van der Waals surface area contributed by atoms with Crippen molar-refractivity contribution in [2.45, 2.75) is 20.5 Å². The molecule has 2 aromatic heterocycles. The number of methoxy groups -OCH3 is 1. The standard InChI is InChI=1S/C25H22N4O6/c1-14-18(15(2)35-29-14)12-33-22-9-8-16(10-23(22)32-3)25(31)34-13-21(30)17(11-26)24-27-19-6-4-5-7-20(19)28-24/h4-10,30H,12-13H2,1-3H3,(H,27,28)/b21-17-. The van der Waals surface area contributed by atoms with Crippen LogP contribution in [0, 0.1) is 25.2 Å². The number of allylic oxidation sites excluding steroid dienone is 1. The van der Waals surface area contributed by atoms with Gasteiger partial charge >= 0.3 is 5.97 Å². The summed E-state index contributed by atoms with van der Waals surface area (Å²) in [5, 5.41) is 23.8. The Bertz CT molecular complexity index is 1410. The van der Waals surface area contributed by atoms with Crippen LogP contribution in [-0.4, -0.2) is 39.9 Å². The number of carbonyl (C=O) groups is 1. The third kappa shape index (κ3) is 4.94. The van der Waals surface area contributed by atoms with E-state index in [9.17, 15) is 15.2 Å². The summed E-state index contributed by atoms with van der Waals surface area (Å²) in [6.07, 6.45) is 0. The fourth-order valence-electron chi connectivity index (χ4n) is 3.39. The van der Waals surface area contributed by atoms with Gasteiger partial charge in [0.15, 0.2) is 23.1 Å². The Hall–Kier alpha value is -4.78. The van der Waals surface area contributed by atoms with Crippen LogP contribution < -0.4 is 9.47 Å². The summed E-state index contributed by atoms with van der Waals surface area (Å²) in [6, 6.07) is 13.7. The number of nitrogens with one attached hydrogen (secondary N) is 1. The van der Waals surface area contributed by atoms with Gasteiger partial charge in [-0.15, -0.1) is 0 Å². The molecule has 10 heteroatoms. The van der Waals surface area contributed by atoms with E-state index < -0.39 is 18.3 Å². The number of rotatable bonds is 8. The number of para-hydroxylation sites is 2. The second kappa shape index (κ2) is 10.0. The fraction of sp³-hybridized carbons (Fsp3) is 0.200. The summed E-state index contributed by atoms with van der Waals surface area (Å²) in [5.41, 5.74) is 2.98. The maximum absolute atomic E-state index is 12.6. The zero-order chi connectivity index (χ0) is 24.9. The van der Waals surface area contributed by atoms with Gasteiger partial charge in [-0.25, -0.2) is 9.78 Å².